The summed E-state index contributed by atoms with van der Waals surface area (Å²) < 4.78 is 26.9. The van der Waals surface area contributed by atoms with Gasteiger partial charge < -0.3 is 10.2 Å². The van der Waals surface area contributed by atoms with E-state index in [9.17, 15) is 22.8 Å². The summed E-state index contributed by atoms with van der Waals surface area (Å²) in [6.45, 7) is 3.66. The number of hydrogen-bond donors (Lipinski definition) is 1. The predicted molar refractivity (Wildman–Crippen MR) is 144 cm³/mol. The second-order valence-electron chi connectivity index (χ2n) is 9.26. The Labute approximate surface area is 223 Å². The SMILES string of the molecule is CCCNC(=O)[C@@H](Cc1ccccc1)N(Cc1ccccc1C)C(=O)CN1C(=O)c2ccccc2S1(=O)=O. The van der Waals surface area contributed by atoms with E-state index in [0.717, 1.165) is 16.7 Å². The molecule has 0 saturated carbocycles. The molecule has 38 heavy (non-hydrogen) atoms. The summed E-state index contributed by atoms with van der Waals surface area (Å²) in [5, 5.41) is 2.89. The lowest BCUT2D eigenvalue weighted by Crippen LogP contribution is -2.53. The van der Waals surface area contributed by atoms with Gasteiger partial charge in [-0.15, -0.1) is 0 Å². The zero-order valence-corrected chi connectivity index (χ0v) is 22.3. The highest BCUT2D eigenvalue weighted by Crippen LogP contribution is 2.30. The number of nitrogens with zero attached hydrogens (tertiary/aromatic N) is 2. The first kappa shape index (κ1) is 27.1. The molecule has 0 aromatic heterocycles. The molecule has 0 fully saturated rings. The number of aryl methyl sites for hydroxylation is 1. The van der Waals surface area contributed by atoms with Gasteiger partial charge in [0.15, 0.2) is 0 Å². The van der Waals surface area contributed by atoms with Crippen molar-refractivity contribution in [2.24, 2.45) is 0 Å². The molecule has 3 amide bonds. The molecule has 8 nitrogen and oxygen atoms in total. The van der Waals surface area contributed by atoms with Crippen LogP contribution in [0.3, 0.4) is 0 Å². The number of amides is 3. The van der Waals surface area contributed by atoms with Crippen molar-refractivity contribution in [2.45, 2.75) is 44.2 Å². The highest BCUT2D eigenvalue weighted by Gasteiger charge is 2.43. The van der Waals surface area contributed by atoms with Crippen LogP contribution >= 0.6 is 0 Å². The normalized spacial score (nSPS) is 14.6. The molecule has 0 saturated heterocycles. The zero-order valence-electron chi connectivity index (χ0n) is 21.5. The summed E-state index contributed by atoms with van der Waals surface area (Å²) in [7, 11) is -4.19. The topological polar surface area (TPSA) is 104 Å². The third kappa shape index (κ3) is 5.62. The molecule has 1 aliphatic heterocycles. The highest BCUT2D eigenvalue weighted by atomic mass is 32.2. The van der Waals surface area contributed by atoms with Crippen molar-refractivity contribution in [1.29, 1.82) is 0 Å². The molecule has 1 heterocycles. The average Bonchev–Trinajstić information content (AvgIpc) is 3.11. The van der Waals surface area contributed by atoms with Crippen molar-refractivity contribution < 1.29 is 22.8 Å². The number of nitrogens with one attached hydrogen (secondary N) is 1. The maximum atomic E-state index is 13.9. The van der Waals surface area contributed by atoms with E-state index in [-0.39, 0.29) is 29.3 Å². The predicted octanol–water partition coefficient (Wildman–Crippen LogP) is 3.31. The van der Waals surface area contributed by atoms with Gasteiger partial charge in [-0.05, 0) is 42.2 Å². The molecule has 3 aromatic rings. The van der Waals surface area contributed by atoms with Crippen LogP contribution in [0.15, 0.2) is 83.8 Å². The van der Waals surface area contributed by atoms with E-state index in [1.165, 1.54) is 23.1 Å². The van der Waals surface area contributed by atoms with Gasteiger partial charge in [-0.2, -0.15) is 0 Å². The molecule has 1 aliphatic rings. The van der Waals surface area contributed by atoms with Crippen LogP contribution in [-0.4, -0.2) is 54.5 Å². The van der Waals surface area contributed by atoms with Crippen LogP contribution in [0.2, 0.25) is 0 Å². The minimum Gasteiger partial charge on any atom is -0.354 e. The van der Waals surface area contributed by atoms with E-state index in [4.69, 9.17) is 0 Å². The number of carbonyl (C=O) groups is 3. The largest absolute Gasteiger partial charge is 0.354 e. The van der Waals surface area contributed by atoms with Crippen LogP contribution in [0.5, 0.6) is 0 Å². The van der Waals surface area contributed by atoms with E-state index < -0.39 is 34.4 Å². The third-order valence-corrected chi connectivity index (χ3v) is 8.40. The van der Waals surface area contributed by atoms with Gasteiger partial charge in [0.25, 0.3) is 15.9 Å². The molecule has 3 aromatic carbocycles. The number of benzene rings is 3. The fourth-order valence-corrected chi connectivity index (χ4v) is 6.01. The van der Waals surface area contributed by atoms with Crippen LogP contribution in [0.1, 0.15) is 40.4 Å². The van der Waals surface area contributed by atoms with Crippen LogP contribution in [0, 0.1) is 6.92 Å². The van der Waals surface area contributed by atoms with E-state index >= 15 is 0 Å². The molecular formula is C29H31N3O5S. The molecule has 0 unspecified atom stereocenters. The molecule has 0 bridgehead atoms. The molecule has 9 heteroatoms. The van der Waals surface area contributed by atoms with Gasteiger partial charge in [0.1, 0.15) is 17.5 Å². The summed E-state index contributed by atoms with van der Waals surface area (Å²) in [6.07, 6.45) is 0.948. The average molecular weight is 534 g/mol. The van der Waals surface area contributed by atoms with Gasteiger partial charge in [0.2, 0.25) is 11.8 Å². The lowest BCUT2D eigenvalue weighted by molar-refractivity contribution is -0.141. The van der Waals surface area contributed by atoms with Crippen molar-refractivity contribution in [3.8, 4) is 0 Å². The molecule has 0 radical (unpaired) electrons. The van der Waals surface area contributed by atoms with E-state index in [1.807, 2.05) is 68.4 Å². The third-order valence-electron chi connectivity index (χ3n) is 6.61. The number of sulfonamides is 1. The number of rotatable bonds is 10. The Morgan fingerprint density at radius 3 is 2.29 bits per heavy atom. The van der Waals surface area contributed by atoms with Crippen LogP contribution in [0.4, 0.5) is 0 Å². The van der Waals surface area contributed by atoms with Crippen LogP contribution in [-0.2, 0) is 32.6 Å². The summed E-state index contributed by atoms with van der Waals surface area (Å²) in [5.74, 6) is -1.72. The first-order chi connectivity index (χ1) is 18.2. The molecule has 0 aliphatic carbocycles. The Morgan fingerprint density at radius 1 is 0.947 bits per heavy atom. The Bertz CT molecular complexity index is 1440. The lowest BCUT2D eigenvalue weighted by Gasteiger charge is -2.33. The highest BCUT2D eigenvalue weighted by molar-refractivity contribution is 7.90. The number of fused-ring (bicyclic) bond motifs is 1. The summed E-state index contributed by atoms with van der Waals surface area (Å²) in [4.78, 5) is 41.6. The molecular weight excluding hydrogens is 502 g/mol. The van der Waals surface area contributed by atoms with Crippen LogP contribution < -0.4 is 5.32 Å². The van der Waals surface area contributed by atoms with Crippen LogP contribution in [0.25, 0.3) is 0 Å². The smallest absolute Gasteiger partial charge is 0.269 e. The van der Waals surface area contributed by atoms with Crippen molar-refractivity contribution >= 4 is 27.7 Å². The van der Waals surface area contributed by atoms with Crippen molar-refractivity contribution in [1.82, 2.24) is 14.5 Å². The standard InChI is InChI=1S/C29H31N3O5S/c1-3-17-30-28(34)25(18-22-12-5-4-6-13-22)31(19-23-14-8-7-11-21(23)2)27(33)20-32-29(35)24-15-9-10-16-26(24)38(32,36)37/h4-16,25H,3,17-20H2,1-2H3,(H,30,34)/t25-/m1/s1. The Morgan fingerprint density at radius 2 is 1.61 bits per heavy atom. The van der Waals surface area contributed by atoms with Gasteiger partial charge in [-0.1, -0.05) is 73.7 Å². The van der Waals surface area contributed by atoms with E-state index in [1.54, 1.807) is 6.07 Å². The Kier molecular flexibility index (Phi) is 8.26. The number of carbonyl (C=O) groups excluding carboxylic acids is 3. The molecule has 198 valence electrons. The monoisotopic (exact) mass is 533 g/mol. The first-order valence-electron chi connectivity index (χ1n) is 12.6. The second-order valence-corrected chi connectivity index (χ2v) is 11.1. The van der Waals surface area contributed by atoms with Gasteiger partial charge >= 0.3 is 0 Å². The van der Waals surface area contributed by atoms with Crippen molar-refractivity contribution in [2.75, 3.05) is 13.1 Å². The molecule has 4 rings (SSSR count). The molecule has 1 atom stereocenters. The molecule has 1 N–H and O–H groups in total. The summed E-state index contributed by atoms with van der Waals surface area (Å²) in [6, 6.07) is 21.8. The fraction of sp³-hybridized carbons (Fsp3) is 0.276. The van der Waals surface area contributed by atoms with Gasteiger partial charge in [-0.3, -0.25) is 14.4 Å². The summed E-state index contributed by atoms with van der Waals surface area (Å²) in [5.41, 5.74) is 2.63. The first-order valence-corrected chi connectivity index (χ1v) is 14.0. The van der Waals surface area contributed by atoms with Gasteiger partial charge in [-0.25, -0.2) is 12.7 Å². The quantitative estimate of drug-likeness (QED) is 0.431. The van der Waals surface area contributed by atoms with Crippen molar-refractivity contribution in [3.63, 3.8) is 0 Å². The maximum Gasteiger partial charge on any atom is 0.269 e. The van der Waals surface area contributed by atoms with Crippen molar-refractivity contribution in [3.05, 3.63) is 101 Å². The Hall–Kier alpha value is -3.98. The van der Waals surface area contributed by atoms with Gasteiger partial charge in [0.05, 0.1) is 5.56 Å². The number of hydrogen-bond acceptors (Lipinski definition) is 5. The second kappa shape index (κ2) is 11.6. The van der Waals surface area contributed by atoms with E-state index in [2.05, 4.69) is 5.32 Å². The van der Waals surface area contributed by atoms with E-state index in [0.29, 0.717) is 17.3 Å². The minimum atomic E-state index is -4.19. The fourth-order valence-electron chi connectivity index (χ4n) is 4.49. The zero-order chi connectivity index (χ0) is 27.3. The van der Waals surface area contributed by atoms with Gasteiger partial charge in [0, 0.05) is 19.5 Å². The Balaban J connectivity index is 1.71. The summed E-state index contributed by atoms with van der Waals surface area (Å²) >= 11 is 0. The minimum absolute atomic E-state index is 0.0345. The molecule has 0 spiro atoms. The maximum absolute atomic E-state index is 13.9. The lowest BCUT2D eigenvalue weighted by atomic mass is 10.0.